The van der Waals surface area contributed by atoms with Crippen LogP contribution >= 0.6 is 0 Å². The molecule has 0 aliphatic carbocycles. The number of aryl methyl sites for hydroxylation is 1. The highest BCUT2D eigenvalue weighted by atomic mass is 16.5. The third kappa shape index (κ3) is 5.39. The Morgan fingerprint density at radius 3 is 2.06 bits per heavy atom. The summed E-state index contributed by atoms with van der Waals surface area (Å²) in [6, 6.07) is 5.05. The average Bonchev–Trinajstić information content (AvgIpc) is 2.36. The van der Waals surface area contributed by atoms with E-state index in [-0.39, 0.29) is 5.97 Å². The second kappa shape index (κ2) is 10.0. The predicted octanol–water partition coefficient (Wildman–Crippen LogP) is 3.42. The first-order chi connectivity index (χ1) is 7.65. The molecule has 0 aliphatic rings. The summed E-state index contributed by atoms with van der Waals surface area (Å²) in [6.45, 7) is 9.85. The lowest BCUT2D eigenvalue weighted by Gasteiger charge is -2.02. The molecule has 0 aromatic heterocycles. The Labute approximate surface area is 98.6 Å². The van der Waals surface area contributed by atoms with Crippen LogP contribution < -0.4 is 5.73 Å². The molecule has 0 saturated heterocycles. The normalized spacial score (nSPS) is 7.88. The van der Waals surface area contributed by atoms with E-state index in [1.807, 2.05) is 34.6 Å². The minimum absolute atomic E-state index is 0.335. The molecule has 0 fully saturated rings. The highest BCUT2D eigenvalue weighted by Gasteiger charge is 2.05. The van der Waals surface area contributed by atoms with Gasteiger partial charge in [0.1, 0.15) is 0 Å². The van der Waals surface area contributed by atoms with Crippen molar-refractivity contribution in [3.63, 3.8) is 0 Å². The molecule has 0 saturated carbocycles. The maximum absolute atomic E-state index is 11.0. The minimum Gasteiger partial charge on any atom is -0.465 e. The van der Waals surface area contributed by atoms with Gasteiger partial charge in [0, 0.05) is 5.69 Å². The van der Waals surface area contributed by atoms with Crippen LogP contribution in [-0.2, 0) is 4.74 Å². The second-order valence-electron chi connectivity index (χ2n) is 2.56. The van der Waals surface area contributed by atoms with Crippen LogP contribution in [0.3, 0.4) is 0 Å². The van der Waals surface area contributed by atoms with Gasteiger partial charge in [-0.3, -0.25) is 0 Å². The van der Waals surface area contributed by atoms with Crippen molar-refractivity contribution in [2.24, 2.45) is 0 Å². The zero-order valence-electron chi connectivity index (χ0n) is 11.1. The first-order valence-electron chi connectivity index (χ1n) is 5.59. The zero-order valence-corrected chi connectivity index (χ0v) is 11.1. The Morgan fingerprint density at radius 2 is 1.69 bits per heavy atom. The molecule has 0 spiro atoms. The summed E-state index contributed by atoms with van der Waals surface area (Å²) in [4.78, 5) is 11.0. The van der Waals surface area contributed by atoms with E-state index in [2.05, 4.69) is 4.74 Å². The molecule has 0 atom stereocenters. The number of ether oxygens (including phenoxy) is 1. The van der Waals surface area contributed by atoms with Gasteiger partial charge in [-0.1, -0.05) is 27.7 Å². The lowest BCUT2D eigenvalue weighted by atomic mass is 10.1. The molecule has 0 aliphatic heterocycles. The number of methoxy groups -OCH3 is 1. The van der Waals surface area contributed by atoms with Crippen molar-refractivity contribution < 1.29 is 9.53 Å². The molecule has 1 aromatic carbocycles. The van der Waals surface area contributed by atoms with Crippen LogP contribution in [0.25, 0.3) is 0 Å². The molecular weight excluding hydrogens is 202 g/mol. The number of carbonyl (C=O) groups excluding carboxylic acids is 1. The highest BCUT2D eigenvalue weighted by Crippen LogP contribution is 2.12. The van der Waals surface area contributed by atoms with Gasteiger partial charge < -0.3 is 10.5 Å². The van der Waals surface area contributed by atoms with E-state index in [1.54, 1.807) is 18.2 Å². The van der Waals surface area contributed by atoms with E-state index in [0.717, 1.165) is 5.56 Å². The smallest absolute Gasteiger partial charge is 0.337 e. The Hall–Kier alpha value is -1.51. The van der Waals surface area contributed by atoms with E-state index in [9.17, 15) is 4.79 Å². The van der Waals surface area contributed by atoms with Gasteiger partial charge in [-0.2, -0.15) is 0 Å². The third-order valence-corrected chi connectivity index (χ3v) is 1.69. The van der Waals surface area contributed by atoms with Gasteiger partial charge in [0.15, 0.2) is 0 Å². The molecule has 1 aromatic rings. The van der Waals surface area contributed by atoms with Crippen LogP contribution in [0.4, 0.5) is 5.69 Å². The van der Waals surface area contributed by atoms with Crippen LogP contribution in [0.15, 0.2) is 18.2 Å². The van der Waals surface area contributed by atoms with E-state index in [1.165, 1.54) is 7.11 Å². The van der Waals surface area contributed by atoms with Crippen LogP contribution in [0.1, 0.15) is 43.6 Å². The third-order valence-electron chi connectivity index (χ3n) is 1.69. The van der Waals surface area contributed by atoms with Crippen molar-refractivity contribution >= 4 is 11.7 Å². The molecular formula is C13H23NO2. The first-order valence-corrected chi connectivity index (χ1v) is 5.59. The van der Waals surface area contributed by atoms with Crippen molar-refractivity contribution in [3.8, 4) is 0 Å². The Bertz CT molecular complexity index is 309. The minimum atomic E-state index is -0.335. The number of benzene rings is 1. The number of hydrogen-bond acceptors (Lipinski definition) is 3. The Kier molecular flexibility index (Phi) is 10.6. The number of hydrogen-bond donors (Lipinski definition) is 1. The topological polar surface area (TPSA) is 52.3 Å². The monoisotopic (exact) mass is 225 g/mol. The summed E-state index contributed by atoms with van der Waals surface area (Å²) in [5, 5.41) is 0. The second-order valence-corrected chi connectivity index (χ2v) is 2.56. The molecule has 0 bridgehead atoms. The van der Waals surface area contributed by atoms with Gasteiger partial charge in [-0.15, -0.1) is 0 Å². The van der Waals surface area contributed by atoms with Crippen molar-refractivity contribution in [1.82, 2.24) is 0 Å². The fourth-order valence-corrected chi connectivity index (χ4v) is 0.921. The SMILES string of the molecule is CC.CC.COC(=O)c1ccc(N)c(C)c1. The maximum atomic E-state index is 11.0. The molecule has 0 unspecified atom stereocenters. The summed E-state index contributed by atoms with van der Waals surface area (Å²) < 4.78 is 4.55. The van der Waals surface area contributed by atoms with Gasteiger partial charge >= 0.3 is 5.97 Å². The quantitative estimate of drug-likeness (QED) is 0.588. The molecule has 16 heavy (non-hydrogen) atoms. The van der Waals surface area contributed by atoms with E-state index in [0.29, 0.717) is 11.3 Å². The molecule has 92 valence electrons. The predicted molar refractivity (Wildman–Crippen MR) is 69.6 cm³/mol. The van der Waals surface area contributed by atoms with Crippen LogP contribution in [0, 0.1) is 6.92 Å². The lowest BCUT2D eigenvalue weighted by molar-refractivity contribution is 0.0600. The first kappa shape index (κ1) is 16.9. The van der Waals surface area contributed by atoms with Gasteiger partial charge in [0.25, 0.3) is 0 Å². The fraction of sp³-hybridized carbons (Fsp3) is 0.462. The number of nitrogen functional groups attached to an aromatic ring is 1. The fourth-order valence-electron chi connectivity index (χ4n) is 0.921. The largest absolute Gasteiger partial charge is 0.465 e. The van der Waals surface area contributed by atoms with E-state index in [4.69, 9.17) is 5.73 Å². The lowest BCUT2D eigenvalue weighted by Crippen LogP contribution is -2.02. The summed E-state index contributed by atoms with van der Waals surface area (Å²) in [5.74, 6) is -0.335. The average molecular weight is 225 g/mol. The van der Waals surface area contributed by atoms with E-state index < -0.39 is 0 Å². The Morgan fingerprint density at radius 1 is 1.19 bits per heavy atom. The van der Waals surface area contributed by atoms with Gasteiger partial charge in [0.05, 0.1) is 12.7 Å². The van der Waals surface area contributed by atoms with Crippen molar-refractivity contribution in [1.29, 1.82) is 0 Å². The summed E-state index contributed by atoms with van der Waals surface area (Å²) in [5.41, 5.74) is 7.68. The summed E-state index contributed by atoms with van der Waals surface area (Å²) >= 11 is 0. The van der Waals surface area contributed by atoms with Crippen molar-refractivity contribution in [2.45, 2.75) is 34.6 Å². The highest BCUT2D eigenvalue weighted by molar-refractivity contribution is 5.90. The van der Waals surface area contributed by atoms with Crippen molar-refractivity contribution in [3.05, 3.63) is 29.3 Å². The molecule has 0 heterocycles. The Balaban J connectivity index is 0. The number of esters is 1. The molecule has 0 amide bonds. The molecule has 2 N–H and O–H groups in total. The maximum Gasteiger partial charge on any atom is 0.337 e. The number of rotatable bonds is 1. The standard InChI is InChI=1S/C9H11NO2.2C2H6/c1-6-5-7(9(11)12-2)3-4-8(6)10;2*1-2/h3-5H,10H2,1-2H3;2*1-2H3. The summed E-state index contributed by atoms with van der Waals surface area (Å²) in [6.07, 6.45) is 0. The van der Waals surface area contributed by atoms with Gasteiger partial charge in [-0.25, -0.2) is 4.79 Å². The van der Waals surface area contributed by atoms with Gasteiger partial charge in [-0.05, 0) is 30.7 Å². The molecule has 1 rings (SSSR count). The number of anilines is 1. The van der Waals surface area contributed by atoms with E-state index >= 15 is 0 Å². The van der Waals surface area contributed by atoms with Crippen LogP contribution in [0.5, 0.6) is 0 Å². The number of carbonyl (C=O) groups is 1. The molecule has 3 nitrogen and oxygen atoms in total. The van der Waals surface area contributed by atoms with Gasteiger partial charge in [0.2, 0.25) is 0 Å². The van der Waals surface area contributed by atoms with Crippen molar-refractivity contribution in [2.75, 3.05) is 12.8 Å². The molecule has 3 heteroatoms. The summed E-state index contributed by atoms with van der Waals surface area (Å²) in [7, 11) is 1.36. The molecule has 0 radical (unpaired) electrons. The zero-order chi connectivity index (χ0) is 13.1. The van der Waals surface area contributed by atoms with Crippen LogP contribution in [0.2, 0.25) is 0 Å². The van der Waals surface area contributed by atoms with Crippen LogP contribution in [-0.4, -0.2) is 13.1 Å². The number of nitrogens with two attached hydrogens (primary N) is 1.